The highest BCUT2D eigenvalue weighted by molar-refractivity contribution is 9.10. The molecule has 2 fully saturated rings. The minimum atomic E-state index is -0.692. The zero-order chi connectivity index (χ0) is 17.4. The summed E-state index contributed by atoms with van der Waals surface area (Å²) in [5, 5.41) is 0. The molecule has 3 rings (SSSR count). The molecule has 8 heteroatoms. The molecule has 0 spiro atoms. The molecule has 1 saturated heterocycles. The summed E-state index contributed by atoms with van der Waals surface area (Å²) in [5.41, 5.74) is -0.138. The molecule has 1 atom stereocenters. The summed E-state index contributed by atoms with van der Waals surface area (Å²) in [6.45, 7) is 1.59. The molecular weight excluding hydrogens is 380 g/mol. The molecule has 0 radical (unpaired) electrons. The Morgan fingerprint density at radius 2 is 1.88 bits per heavy atom. The number of imide groups is 1. The van der Waals surface area contributed by atoms with E-state index < -0.39 is 12.2 Å². The highest BCUT2D eigenvalue weighted by atomic mass is 79.9. The topological polar surface area (TPSA) is 77.8 Å². The van der Waals surface area contributed by atoms with E-state index >= 15 is 0 Å². The van der Waals surface area contributed by atoms with Gasteiger partial charge in [-0.25, -0.2) is 9.69 Å². The van der Waals surface area contributed by atoms with E-state index in [0.717, 1.165) is 4.47 Å². The maximum absolute atomic E-state index is 12.0. The smallest absolute Gasteiger partial charge is 0.417 e. The van der Waals surface area contributed by atoms with Crippen LogP contribution in [-0.4, -0.2) is 39.7 Å². The summed E-state index contributed by atoms with van der Waals surface area (Å²) in [5.74, 6) is 0.255. The quantitative estimate of drug-likeness (QED) is 0.779. The van der Waals surface area contributed by atoms with Crippen LogP contribution in [-0.2, 0) is 16.6 Å². The van der Waals surface area contributed by atoms with Crippen molar-refractivity contribution in [2.24, 2.45) is 7.05 Å². The number of aryl methyl sites for hydroxylation is 1. The van der Waals surface area contributed by atoms with Crippen LogP contribution >= 0.6 is 15.9 Å². The number of cyclic esters (lactones) is 1. The van der Waals surface area contributed by atoms with Gasteiger partial charge in [-0.05, 0) is 48.5 Å². The lowest BCUT2D eigenvalue weighted by atomic mass is 9.92. The maximum atomic E-state index is 12.0. The zero-order valence-electron chi connectivity index (χ0n) is 13.5. The normalized spacial score (nSPS) is 27.3. The van der Waals surface area contributed by atoms with Crippen molar-refractivity contribution in [2.45, 2.75) is 50.9 Å². The molecule has 0 bridgehead atoms. The Kier molecular flexibility index (Phi) is 4.67. The molecule has 2 aliphatic rings. The van der Waals surface area contributed by atoms with E-state index in [0.29, 0.717) is 31.4 Å². The lowest BCUT2D eigenvalue weighted by Crippen LogP contribution is -2.43. The van der Waals surface area contributed by atoms with Crippen LogP contribution < -0.4 is 10.3 Å². The Bertz CT molecular complexity index is 724. The molecule has 2 heterocycles. The third-order valence-corrected chi connectivity index (χ3v) is 5.10. The predicted octanol–water partition coefficient (Wildman–Crippen LogP) is 2.21. The maximum Gasteiger partial charge on any atom is 0.417 e. The van der Waals surface area contributed by atoms with Crippen molar-refractivity contribution in [3.63, 3.8) is 0 Å². The molecular formula is C16H19BrN2O5. The van der Waals surface area contributed by atoms with Crippen LogP contribution in [0.2, 0.25) is 0 Å². The van der Waals surface area contributed by atoms with E-state index in [2.05, 4.69) is 15.9 Å². The molecule has 0 aromatic carbocycles. The lowest BCUT2D eigenvalue weighted by molar-refractivity contribution is -0.131. The fourth-order valence-electron chi connectivity index (χ4n) is 3.14. The Balaban J connectivity index is 1.62. The summed E-state index contributed by atoms with van der Waals surface area (Å²) >= 11 is 3.40. The molecule has 1 aromatic rings. The zero-order valence-corrected chi connectivity index (χ0v) is 15.1. The summed E-state index contributed by atoms with van der Waals surface area (Å²) in [6.07, 6.45) is 3.13. The molecule has 24 heavy (non-hydrogen) atoms. The van der Waals surface area contributed by atoms with Crippen molar-refractivity contribution in [1.82, 2.24) is 9.47 Å². The first kappa shape index (κ1) is 17.0. The van der Waals surface area contributed by atoms with E-state index in [1.54, 1.807) is 20.2 Å². The van der Waals surface area contributed by atoms with Gasteiger partial charge < -0.3 is 14.0 Å². The van der Waals surface area contributed by atoms with Gasteiger partial charge in [0.25, 0.3) is 11.5 Å². The molecule has 1 aliphatic heterocycles. The van der Waals surface area contributed by atoms with E-state index in [1.165, 1.54) is 15.5 Å². The Labute approximate surface area is 147 Å². The van der Waals surface area contributed by atoms with Crippen molar-refractivity contribution in [1.29, 1.82) is 0 Å². The van der Waals surface area contributed by atoms with Crippen LogP contribution in [0.1, 0.15) is 32.6 Å². The molecule has 0 N–H and O–H groups in total. The van der Waals surface area contributed by atoms with Gasteiger partial charge in [0.2, 0.25) is 0 Å². The number of hydrogen-bond acceptors (Lipinski definition) is 5. The van der Waals surface area contributed by atoms with Crippen LogP contribution in [0, 0.1) is 0 Å². The Morgan fingerprint density at radius 1 is 1.21 bits per heavy atom. The number of amides is 2. The molecule has 1 aromatic heterocycles. The number of carbonyl (C=O) groups is 2. The molecule has 0 unspecified atom stereocenters. The first-order valence-electron chi connectivity index (χ1n) is 7.93. The second-order valence-corrected chi connectivity index (χ2v) is 7.07. The van der Waals surface area contributed by atoms with Crippen LogP contribution in [0.25, 0.3) is 0 Å². The van der Waals surface area contributed by atoms with E-state index in [-0.39, 0.29) is 23.6 Å². The van der Waals surface area contributed by atoms with Crippen LogP contribution in [0.3, 0.4) is 0 Å². The number of rotatable bonds is 3. The van der Waals surface area contributed by atoms with E-state index in [1.807, 2.05) is 0 Å². The number of ether oxygens (including phenoxy) is 2. The molecule has 7 nitrogen and oxygen atoms in total. The summed E-state index contributed by atoms with van der Waals surface area (Å²) in [6, 6.07) is 1.32. The fraction of sp³-hybridized carbons (Fsp3) is 0.562. The molecule has 1 saturated carbocycles. The first-order valence-corrected chi connectivity index (χ1v) is 8.72. The van der Waals surface area contributed by atoms with Crippen molar-refractivity contribution in [2.75, 3.05) is 0 Å². The summed E-state index contributed by atoms with van der Waals surface area (Å²) in [4.78, 5) is 36.8. The second kappa shape index (κ2) is 6.58. The molecule has 130 valence electrons. The minimum absolute atomic E-state index is 0.0456. The monoisotopic (exact) mass is 398 g/mol. The predicted molar refractivity (Wildman–Crippen MR) is 88.8 cm³/mol. The number of aromatic nitrogens is 1. The number of nitrogens with zero attached hydrogens (tertiary/aromatic N) is 2. The number of carbonyl (C=O) groups excluding carboxylic acids is 2. The van der Waals surface area contributed by atoms with Gasteiger partial charge >= 0.3 is 6.09 Å². The number of pyridine rings is 1. The van der Waals surface area contributed by atoms with Crippen molar-refractivity contribution < 1.29 is 19.1 Å². The van der Waals surface area contributed by atoms with Gasteiger partial charge in [0, 0.05) is 25.4 Å². The van der Waals surface area contributed by atoms with Crippen molar-refractivity contribution >= 4 is 27.9 Å². The van der Waals surface area contributed by atoms with Crippen LogP contribution in [0.15, 0.2) is 21.5 Å². The van der Waals surface area contributed by atoms with Gasteiger partial charge in [0.15, 0.2) is 6.10 Å². The largest absolute Gasteiger partial charge is 0.489 e. The van der Waals surface area contributed by atoms with E-state index in [9.17, 15) is 14.4 Å². The minimum Gasteiger partial charge on any atom is -0.489 e. The number of hydrogen-bond donors (Lipinski definition) is 0. The van der Waals surface area contributed by atoms with Gasteiger partial charge in [-0.1, -0.05) is 0 Å². The molecule has 2 amide bonds. The van der Waals surface area contributed by atoms with Crippen molar-refractivity contribution in [3.05, 3.63) is 27.1 Å². The van der Waals surface area contributed by atoms with Gasteiger partial charge in [-0.2, -0.15) is 0 Å². The lowest BCUT2D eigenvalue weighted by Gasteiger charge is -2.32. The van der Waals surface area contributed by atoms with Crippen molar-refractivity contribution in [3.8, 4) is 5.75 Å². The summed E-state index contributed by atoms with van der Waals surface area (Å²) in [7, 11) is 1.68. The highest BCUT2D eigenvalue weighted by Crippen LogP contribution is 2.31. The van der Waals surface area contributed by atoms with E-state index in [4.69, 9.17) is 9.47 Å². The third kappa shape index (κ3) is 3.19. The second-order valence-electron chi connectivity index (χ2n) is 6.22. The first-order chi connectivity index (χ1) is 11.4. The summed E-state index contributed by atoms with van der Waals surface area (Å²) < 4.78 is 13.1. The Hall–Kier alpha value is -1.83. The highest BCUT2D eigenvalue weighted by Gasteiger charge is 2.43. The van der Waals surface area contributed by atoms with Gasteiger partial charge in [0.1, 0.15) is 5.75 Å². The van der Waals surface area contributed by atoms with Gasteiger partial charge in [-0.3, -0.25) is 9.59 Å². The van der Waals surface area contributed by atoms with Gasteiger partial charge in [-0.15, -0.1) is 0 Å². The third-order valence-electron chi connectivity index (χ3n) is 4.51. The standard InChI is InChI=1S/C16H19BrN2O5/c1-9-15(21)19(16(22)23-9)10-3-5-11(6-4-10)24-13-7-14(20)18(2)8-12(13)17/h7-11H,3-6H2,1-2H3/t9-,10?,11?/m0/s1. The Morgan fingerprint density at radius 3 is 2.46 bits per heavy atom. The SMILES string of the molecule is C[C@@H]1OC(=O)N(C2CCC(Oc3cc(=O)n(C)cc3Br)CC2)C1=O. The van der Waals surface area contributed by atoms with Crippen LogP contribution in [0.4, 0.5) is 4.79 Å². The molecule has 1 aliphatic carbocycles. The van der Waals surface area contributed by atoms with Gasteiger partial charge in [0.05, 0.1) is 10.6 Å². The fourth-order valence-corrected chi connectivity index (χ4v) is 3.66. The average Bonchev–Trinajstić information content (AvgIpc) is 2.79. The average molecular weight is 399 g/mol. The number of halogens is 1. The van der Waals surface area contributed by atoms with Crippen LogP contribution in [0.5, 0.6) is 5.75 Å².